The lowest BCUT2D eigenvalue weighted by molar-refractivity contribution is -0.143. The summed E-state index contributed by atoms with van der Waals surface area (Å²) in [5.41, 5.74) is 1.49. The van der Waals surface area contributed by atoms with Gasteiger partial charge in [-0.2, -0.15) is 8.78 Å². The highest BCUT2D eigenvalue weighted by Crippen LogP contribution is 2.37. The number of rotatable bonds is 7. The summed E-state index contributed by atoms with van der Waals surface area (Å²) in [4.78, 5) is 31.9. The first kappa shape index (κ1) is 26.7. The molecule has 4 rings (SSSR count). The maximum absolute atomic E-state index is 13.7. The predicted octanol–water partition coefficient (Wildman–Crippen LogP) is 4.56. The Kier molecular flexibility index (Phi) is 7.93. The summed E-state index contributed by atoms with van der Waals surface area (Å²) in [5.74, 6) is -0.0755. The highest BCUT2D eigenvalue weighted by Gasteiger charge is 2.35. The number of carbonyl (C=O) groups is 1. The normalized spacial score (nSPS) is 15.6. The van der Waals surface area contributed by atoms with Crippen LogP contribution in [0.2, 0.25) is 0 Å². The van der Waals surface area contributed by atoms with E-state index in [9.17, 15) is 18.4 Å². The molecule has 1 aromatic heterocycles. The molecular weight excluding hydrogens is 570 g/mol. The summed E-state index contributed by atoms with van der Waals surface area (Å²) < 4.78 is 43.0. The lowest BCUT2D eigenvalue weighted by Crippen LogP contribution is -2.40. The van der Waals surface area contributed by atoms with Crippen molar-refractivity contribution in [2.75, 3.05) is 7.11 Å². The van der Waals surface area contributed by atoms with Crippen LogP contribution in [0.1, 0.15) is 37.9 Å². The first-order chi connectivity index (χ1) is 17.6. The standard InChI is InChI=1S/C26H23BrF2N2O5S/c1-13(2)35-24(33)21-14(3)30-26-31(22(21)18-12-16(27)7-10-19(18)34-4)23(32)20(37-26)11-15-5-8-17(9-6-15)36-25(28)29/h5-13,22,25H,1-4H3/b20-11-/t22-/m1/s1. The van der Waals surface area contributed by atoms with Gasteiger partial charge in [0, 0.05) is 10.0 Å². The van der Waals surface area contributed by atoms with Gasteiger partial charge in [-0.25, -0.2) is 9.79 Å². The molecule has 3 aromatic rings. The number of allylic oxidation sites excluding steroid dienone is 1. The quantitative estimate of drug-likeness (QED) is 0.376. The largest absolute Gasteiger partial charge is 0.496 e. The molecule has 37 heavy (non-hydrogen) atoms. The Morgan fingerprint density at radius 3 is 2.51 bits per heavy atom. The number of thiazole rings is 1. The fourth-order valence-electron chi connectivity index (χ4n) is 3.97. The topological polar surface area (TPSA) is 79.1 Å². The number of halogens is 3. The third-order valence-electron chi connectivity index (χ3n) is 5.47. The third-order valence-corrected chi connectivity index (χ3v) is 6.95. The molecule has 194 valence electrons. The van der Waals surface area contributed by atoms with Crippen LogP contribution in [-0.4, -0.2) is 30.4 Å². The molecule has 0 amide bonds. The van der Waals surface area contributed by atoms with Gasteiger partial charge in [-0.15, -0.1) is 0 Å². The van der Waals surface area contributed by atoms with Crippen molar-refractivity contribution in [1.82, 2.24) is 4.57 Å². The minimum absolute atomic E-state index is 0.0132. The van der Waals surface area contributed by atoms with Gasteiger partial charge in [0.2, 0.25) is 0 Å². The van der Waals surface area contributed by atoms with E-state index in [1.807, 2.05) is 0 Å². The second-order valence-electron chi connectivity index (χ2n) is 8.37. The number of hydrogen-bond donors (Lipinski definition) is 0. The number of hydrogen-bond acceptors (Lipinski definition) is 7. The first-order valence-corrected chi connectivity index (χ1v) is 12.8. The molecule has 0 radical (unpaired) electrons. The van der Waals surface area contributed by atoms with Gasteiger partial charge in [0.15, 0.2) is 4.80 Å². The molecule has 0 saturated carbocycles. The molecule has 0 N–H and O–H groups in total. The molecule has 1 aliphatic rings. The van der Waals surface area contributed by atoms with Crippen LogP contribution in [0.15, 0.2) is 68.0 Å². The zero-order valence-corrected chi connectivity index (χ0v) is 22.7. The van der Waals surface area contributed by atoms with E-state index in [4.69, 9.17) is 9.47 Å². The van der Waals surface area contributed by atoms with Crippen LogP contribution in [0.4, 0.5) is 8.78 Å². The maximum atomic E-state index is 13.7. The average Bonchev–Trinajstić information content (AvgIpc) is 3.12. The average molecular weight is 593 g/mol. The molecular formula is C26H23BrF2N2O5S. The Balaban J connectivity index is 1.91. The third kappa shape index (κ3) is 5.67. The summed E-state index contributed by atoms with van der Waals surface area (Å²) in [6.45, 7) is 2.27. The number of nitrogens with zero attached hydrogens (tertiary/aromatic N) is 2. The van der Waals surface area contributed by atoms with Gasteiger partial charge in [-0.3, -0.25) is 9.36 Å². The first-order valence-electron chi connectivity index (χ1n) is 11.2. The molecule has 0 spiro atoms. The van der Waals surface area contributed by atoms with Crippen molar-refractivity contribution in [2.24, 2.45) is 4.99 Å². The van der Waals surface area contributed by atoms with Gasteiger partial charge in [0.1, 0.15) is 17.5 Å². The molecule has 2 aromatic carbocycles. The van der Waals surface area contributed by atoms with E-state index in [0.717, 1.165) is 15.8 Å². The van der Waals surface area contributed by atoms with Crippen molar-refractivity contribution in [3.05, 3.63) is 89.0 Å². The van der Waals surface area contributed by atoms with E-state index < -0.39 is 18.6 Å². The molecule has 0 unspecified atom stereocenters. The van der Waals surface area contributed by atoms with Gasteiger partial charge in [-0.1, -0.05) is 39.4 Å². The van der Waals surface area contributed by atoms with Gasteiger partial charge < -0.3 is 14.2 Å². The second kappa shape index (κ2) is 11.0. The lowest BCUT2D eigenvalue weighted by atomic mass is 9.95. The van der Waals surface area contributed by atoms with Crippen molar-refractivity contribution in [3.8, 4) is 11.5 Å². The van der Waals surface area contributed by atoms with Crippen LogP contribution in [0, 0.1) is 0 Å². The van der Waals surface area contributed by atoms with Crippen molar-refractivity contribution in [3.63, 3.8) is 0 Å². The highest BCUT2D eigenvalue weighted by molar-refractivity contribution is 9.10. The predicted molar refractivity (Wildman–Crippen MR) is 139 cm³/mol. The number of alkyl halides is 2. The van der Waals surface area contributed by atoms with Gasteiger partial charge in [-0.05, 0) is 62.7 Å². The number of fused-ring (bicyclic) bond motifs is 1. The van der Waals surface area contributed by atoms with E-state index in [1.165, 1.54) is 23.8 Å². The molecule has 2 heterocycles. The number of esters is 1. The SMILES string of the molecule is COc1ccc(Br)cc1[C@@H]1C(C(=O)OC(C)C)=C(C)N=c2s/c(=C\c3ccc(OC(F)F)cc3)c(=O)n21. The summed E-state index contributed by atoms with van der Waals surface area (Å²) in [7, 11) is 1.51. The minimum atomic E-state index is -2.93. The zero-order valence-electron chi connectivity index (χ0n) is 20.3. The number of ether oxygens (including phenoxy) is 3. The molecule has 0 saturated heterocycles. The van der Waals surface area contributed by atoms with E-state index in [1.54, 1.807) is 57.2 Å². The molecule has 0 bridgehead atoms. The van der Waals surface area contributed by atoms with Crippen LogP contribution in [0.25, 0.3) is 6.08 Å². The van der Waals surface area contributed by atoms with Crippen LogP contribution >= 0.6 is 27.3 Å². The second-order valence-corrected chi connectivity index (χ2v) is 10.3. The molecule has 11 heteroatoms. The van der Waals surface area contributed by atoms with Crippen molar-refractivity contribution in [1.29, 1.82) is 0 Å². The summed E-state index contributed by atoms with van der Waals surface area (Å²) >= 11 is 4.63. The number of aromatic nitrogens is 1. The van der Waals surface area contributed by atoms with Crippen molar-refractivity contribution in [2.45, 2.75) is 39.5 Å². The van der Waals surface area contributed by atoms with E-state index in [0.29, 0.717) is 31.9 Å². The monoisotopic (exact) mass is 592 g/mol. The van der Waals surface area contributed by atoms with Gasteiger partial charge in [0.25, 0.3) is 5.56 Å². The fraction of sp³-hybridized carbons (Fsp3) is 0.269. The molecule has 7 nitrogen and oxygen atoms in total. The van der Waals surface area contributed by atoms with Crippen LogP contribution in [0.3, 0.4) is 0 Å². The molecule has 1 atom stereocenters. The summed E-state index contributed by atoms with van der Waals surface area (Å²) in [6, 6.07) is 10.4. The van der Waals surface area contributed by atoms with Gasteiger partial charge in [0.05, 0.1) is 29.0 Å². The van der Waals surface area contributed by atoms with Crippen molar-refractivity contribution >= 4 is 39.3 Å². The molecule has 1 aliphatic heterocycles. The zero-order chi connectivity index (χ0) is 26.9. The summed E-state index contributed by atoms with van der Waals surface area (Å²) in [5, 5.41) is 0. The highest BCUT2D eigenvalue weighted by atomic mass is 79.9. The molecule has 0 aliphatic carbocycles. The van der Waals surface area contributed by atoms with Crippen LogP contribution in [0.5, 0.6) is 11.5 Å². The molecule has 0 fully saturated rings. The van der Waals surface area contributed by atoms with Gasteiger partial charge >= 0.3 is 12.6 Å². The van der Waals surface area contributed by atoms with Crippen molar-refractivity contribution < 1.29 is 27.8 Å². The number of carbonyl (C=O) groups excluding carboxylic acids is 1. The fourth-order valence-corrected chi connectivity index (χ4v) is 5.40. The Labute approximate surface area is 223 Å². The summed E-state index contributed by atoms with van der Waals surface area (Å²) in [6.07, 6.45) is 1.26. The van der Waals surface area contributed by atoms with E-state index in [2.05, 4.69) is 25.7 Å². The smallest absolute Gasteiger partial charge is 0.387 e. The van der Waals surface area contributed by atoms with Crippen LogP contribution < -0.4 is 24.4 Å². The Hall–Kier alpha value is -3.31. The minimum Gasteiger partial charge on any atom is -0.496 e. The number of benzene rings is 2. The van der Waals surface area contributed by atoms with Crippen LogP contribution in [-0.2, 0) is 9.53 Å². The lowest BCUT2D eigenvalue weighted by Gasteiger charge is -2.26. The Morgan fingerprint density at radius 1 is 1.19 bits per heavy atom. The van der Waals surface area contributed by atoms with E-state index in [-0.39, 0.29) is 23.0 Å². The maximum Gasteiger partial charge on any atom is 0.387 e. The number of methoxy groups -OCH3 is 1. The van der Waals surface area contributed by atoms with E-state index >= 15 is 0 Å². The Morgan fingerprint density at radius 2 is 1.89 bits per heavy atom. The Bertz CT molecular complexity index is 1540.